The summed E-state index contributed by atoms with van der Waals surface area (Å²) >= 11 is 1.79. The number of hydrogen-bond acceptors (Lipinski definition) is 4. The third-order valence-corrected chi connectivity index (χ3v) is 3.76. The van der Waals surface area contributed by atoms with Gasteiger partial charge in [-0.15, -0.1) is 11.3 Å². The number of ether oxygens (including phenoxy) is 2. The second-order valence-corrected chi connectivity index (χ2v) is 5.31. The lowest BCUT2D eigenvalue weighted by molar-refractivity contribution is 0.332. The zero-order valence-electron chi connectivity index (χ0n) is 12.0. The van der Waals surface area contributed by atoms with Gasteiger partial charge in [0.25, 0.3) is 0 Å². The minimum atomic E-state index is 0.660. The Hall–Kier alpha value is -1.68. The van der Waals surface area contributed by atoms with Crippen LogP contribution in [0, 0.1) is 0 Å². The monoisotopic (exact) mass is 291 g/mol. The Morgan fingerprint density at radius 1 is 1.10 bits per heavy atom. The smallest absolute Gasteiger partial charge is 0.142 e. The molecule has 108 valence electrons. The van der Waals surface area contributed by atoms with Crippen molar-refractivity contribution in [3.05, 3.63) is 40.6 Å². The molecule has 0 bridgehead atoms. The van der Waals surface area contributed by atoms with Gasteiger partial charge in [-0.05, 0) is 43.8 Å². The lowest BCUT2D eigenvalue weighted by atomic mass is 10.2. The topological polar surface area (TPSA) is 30.5 Å². The summed E-state index contributed by atoms with van der Waals surface area (Å²) < 4.78 is 11.2. The Bertz CT molecular complexity index is 511. The number of benzene rings is 1. The molecule has 1 aromatic carbocycles. The summed E-state index contributed by atoms with van der Waals surface area (Å²) in [5, 5.41) is 5.54. The van der Waals surface area contributed by atoms with Crippen LogP contribution < -0.4 is 14.8 Å². The molecule has 2 aromatic rings. The second kappa shape index (κ2) is 7.80. The summed E-state index contributed by atoms with van der Waals surface area (Å²) in [5.74, 6) is 1.75. The number of hydrogen-bond donors (Lipinski definition) is 1. The highest BCUT2D eigenvalue weighted by atomic mass is 32.1. The van der Waals surface area contributed by atoms with Gasteiger partial charge in [-0.2, -0.15) is 0 Å². The Kier molecular flexibility index (Phi) is 5.74. The molecule has 0 atom stereocenters. The summed E-state index contributed by atoms with van der Waals surface area (Å²) in [7, 11) is 0. The molecule has 1 N–H and O–H groups in total. The van der Waals surface area contributed by atoms with Gasteiger partial charge in [-0.3, -0.25) is 0 Å². The van der Waals surface area contributed by atoms with E-state index in [-0.39, 0.29) is 0 Å². The van der Waals surface area contributed by atoms with Crippen molar-refractivity contribution in [2.75, 3.05) is 25.1 Å². The van der Waals surface area contributed by atoms with Crippen LogP contribution in [0.2, 0.25) is 0 Å². The zero-order chi connectivity index (χ0) is 14.2. The molecule has 0 amide bonds. The van der Waals surface area contributed by atoms with Gasteiger partial charge >= 0.3 is 0 Å². The van der Waals surface area contributed by atoms with Crippen LogP contribution in [0.25, 0.3) is 0 Å². The zero-order valence-corrected chi connectivity index (χ0v) is 12.8. The van der Waals surface area contributed by atoms with Crippen LogP contribution in [0.15, 0.2) is 35.7 Å². The number of nitrogens with one attached hydrogen (secondary N) is 1. The van der Waals surface area contributed by atoms with E-state index in [0.717, 1.165) is 30.2 Å². The molecular weight excluding hydrogens is 270 g/mol. The van der Waals surface area contributed by atoms with Crippen LogP contribution in [0.1, 0.15) is 18.7 Å². The molecule has 0 aliphatic rings. The predicted octanol–water partition coefficient (Wildman–Crippen LogP) is 4.20. The maximum atomic E-state index is 5.64. The number of thiophene rings is 1. The maximum Gasteiger partial charge on any atom is 0.142 e. The van der Waals surface area contributed by atoms with E-state index in [1.54, 1.807) is 11.3 Å². The van der Waals surface area contributed by atoms with Crippen molar-refractivity contribution < 1.29 is 9.47 Å². The van der Waals surface area contributed by atoms with E-state index >= 15 is 0 Å². The summed E-state index contributed by atoms with van der Waals surface area (Å²) in [6.07, 6.45) is 1.02. The lowest BCUT2D eigenvalue weighted by Gasteiger charge is -2.14. The Morgan fingerprint density at radius 3 is 2.65 bits per heavy atom. The van der Waals surface area contributed by atoms with E-state index in [9.17, 15) is 0 Å². The van der Waals surface area contributed by atoms with E-state index in [4.69, 9.17) is 9.47 Å². The van der Waals surface area contributed by atoms with Crippen molar-refractivity contribution in [1.82, 2.24) is 0 Å². The summed E-state index contributed by atoms with van der Waals surface area (Å²) in [4.78, 5) is 1.39. The first-order valence-corrected chi connectivity index (χ1v) is 7.87. The van der Waals surface area contributed by atoms with Crippen LogP contribution in [0.5, 0.6) is 11.5 Å². The van der Waals surface area contributed by atoms with Crippen LogP contribution in [0.4, 0.5) is 5.69 Å². The van der Waals surface area contributed by atoms with Gasteiger partial charge in [-0.1, -0.05) is 6.07 Å². The van der Waals surface area contributed by atoms with Gasteiger partial charge in [0.15, 0.2) is 0 Å². The molecule has 0 aliphatic carbocycles. The highest BCUT2D eigenvalue weighted by molar-refractivity contribution is 7.09. The van der Waals surface area contributed by atoms with Crippen molar-refractivity contribution in [3.63, 3.8) is 0 Å². The van der Waals surface area contributed by atoms with Crippen LogP contribution in [-0.4, -0.2) is 19.8 Å². The third kappa shape index (κ3) is 4.17. The first-order chi connectivity index (χ1) is 9.83. The van der Waals surface area contributed by atoms with Gasteiger partial charge in [-0.25, -0.2) is 0 Å². The van der Waals surface area contributed by atoms with Crippen molar-refractivity contribution in [3.8, 4) is 11.5 Å². The molecule has 20 heavy (non-hydrogen) atoms. The average molecular weight is 291 g/mol. The summed E-state index contributed by atoms with van der Waals surface area (Å²) in [5.41, 5.74) is 0.995. The first kappa shape index (κ1) is 14.7. The maximum absolute atomic E-state index is 5.64. The van der Waals surface area contributed by atoms with Gasteiger partial charge < -0.3 is 14.8 Å². The van der Waals surface area contributed by atoms with Crippen molar-refractivity contribution >= 4 is 17.0 Å². The molecule has 0 radical (unpaired) electrons. The third-order valence-electron chi connectivity index (χ3n) is 2.83. The van der Waals surface area contributed by atoms with E-state index in [0.29, 0.717) is 13.2 Å². The van der Waals surface area contributed by atoms with Crippen molar-refractivity contribution in [2.45, 2.75) is 20.3 Å². The van der Waals surface area contributed by atoms with Crippen molar-refractivity contribution in [1.29, 1.82) is 0 Å². The number of rotatable bonds is 8. The molecule has 0 spiro atoms. The standard InChI is InChI=1S/C16H21NO2S/c1-3-18-13-7-8-16(19-4-2)15(12-13)17-10-9-14-6-5-11-20-14/h5-8,11-12,17H,3-4,9-10H2,1-2H3. The minimum Gasteiger partial charge on any atom is -0.494 e. The largest absolute Gasteiger partial charge is 0.494 e. The quantitative estimate of drug-likeness (QED) is 0.790. The lowest BCUT2D eigenvalue weighted by Crippen LogP contribution is -2.06. The Labute approximate surface area is 124 Å². The number of anilines is 1. The van der Waals surface area contributed by atoms with E-state index < -0.39 is 0 Å². The molecule has 1 aromatic heterocycles. The molecule has 3 nitrogen and oxygen atoms in total. The fourth-order valence-electron chi connectivity index (χ4n) is 1.96. The average Bonchev–Trinajstić information content (AvgIpc) is 2.95. The summed E-state index contributed by atoms with van der Waals surface area (Å²) in [6, 6.07) is 10.2. The molecular formula is C16H21NO2S. The normalized spacial score (nSPS) is 10.3. The molecule has 0 saturated heterocycles. The first-order valence-electron chi connectivity index (χ1n) is 6.99. The predicted molar refractivity (Wildman–Crippen MR) is 85.3 cm³/mol. The van der Waals surface area contributed by atoms with E-state index in [1.165, 1.54) is 4.88 Å². The van der Waals surface area contributed by atoms with Crippen LogP contribution in [-0.2, 0) is 6.42 Å². The van der Waals surface area contributed by atoms with Crippen LogP contribution in [0.3, 0.4) is 0 Å². The highest BCUT2D eigenvalue weighted by Crippen LogP contribution is 2.29. The summed E-state index contributed by atoms with van der Waals surface area (Å²) in [6.45, 7) is 6.19. The van der Waals surface area contributed by atoms with Gasteiger partial charge in [0.05, 0.1) is 18.9 Å². The molecule has 2 rings (SSSR count). The molecule has 1 heterocycles. The fraction of sp³-hybridized carbons (Fsp3) is 0.375. The molecule has 0 unspecified atom stereocenters. The molecule has 0 saturated carbocycles. The molecule has 4 heteroatoms. The van der Waals surface area contributed by atoms with Gasteiger partial charge in [0.1, 0.15) is 11.5 Å². The fourth-order valence-corrected chi connectivity index (χ4v) is 2.67. The molecule has 0 aliphatic heterocycles. The minimum absolute atomic E-state index is 0.660. The van der Waals surface area contributed by atoms with Crippen molar-refractivity contribution in [2.24, 2.45) is 0 Å². The van der Waals surface area contributed by atoms with Crippen LogP contribution >= 0.6 is 11.3 Å². The highest BCUT2D eigenvalue weighted by Gasteiger charge is 2.05. The SMILES string of the molecule is CCOc1ccc(OCC)c(NCCc2cccs2)c1. The Balaban J connectivity index is 2.00. The van der Waals surface area contributed by atoms with E-state index in [1.807, 2.05) is 32.0 Å². The van der Waals surface area contributed by atoms with E-state index in [2.05, 4.69) is 22.8 Å². The van der Waals surface area contributed by atoms with Gasteiger partial charge in [0.2, 0.25) is 0 Å². The molecule has 0 fully saturated rings. The Morgan fingerprint density at radius 2 is 1.95 bits per heavy atom. The second-order valence-electron chi connectivity index (χ2n) is 4.28. The van der Waals surface area contributed by atoms with Gasteiger partial charge in [0, 0.05) is 17.5 Å².